The summed E-state index contributed by atoms with van der Waals surface area (Å²) >= 11 is 0. The summed E-state index contributed by atoms with van der Waals surface area (Å²) in [6, 6.07) is 2.79. The van der Waals surface area contributed by atoms with Crippen LogP contribution in [0.3, 0.4) is 0 Å². The summed E-state index contributed by atoms with van der Waals surface area (Å²) in [5, 5.41) is 13.8. The predicted octanol–water partition coefficient (Wildman–Crippen LogP) is 3.08. The molecule has 0 fully saturated rings. The van der Waals surface area contributed by atoms with Gasteiger partial charge in [-0.15, -0.1) is 0 Å². The minimum Gasteiger partial charge on any atom is -0.478 e. The molecular weight excluding hydrogens is 263 g/mol. The van der Waals surface area contributed by atoms with Gasteiger partial charge in [-0.05, 0) is 37.5 Å². The summed E-state index contributed by atoms with van der Waals surface area (Å²) in [5.74, 6) is -1.56. The van der Waals surface area contributed by atoms with Crippen LogP contribution in [0.4, 0.5) is 14.9 Å². The number of carboxylic acid groups (broad SMARTS) is 1. The third kappa shape index (κ3) is 4.87. The first-order valence-corrected chi connectivity index (χ1v) is 6.40. The monoisotopic (exact) mass is 282 g/mol. The van der Waals surface area contributed by atoms with Crippen LogP contribution in [0, 0.1) is 11.7 Å². The first-order valence-electron chi connectivity index (χ1n) is 6.40. The van der Waals surface area contributed by atoms with Crippen LogP contribution in [-0.4, -0.2) is 23.1 Å². The number of aromatic carboxylic acids is 1. The van der Waals surface area contributed by atoms with Crippen molar-refractivity contribution in [3.8, 4) is 0 Å². The maximum absolute atomic E-state index is 13.6. The van der Waals surface area contributed by atoms with Crippen LogP contribution in [0.25, 0.3) is 0 Å². The topological polar surface area (TPSA) is 78.4 Å². The zero-order valence-electron chi connectivity index (χ0n) is 11.7. The van der Waals surface area contributed by atoms with Gasteiger partial charge in [0.2, 0.25) is 0 Å². The highest BCUT2D eigenvalue weighted by Crippen LogP contribution is 2.16. The molecule has 0 aromatic heterocycles. The fraction of sp³-hybridized carbons (Fsp3) is 0.429. The normalized spacial score (nSPS) is 12.1. The highest BCUT2D eigenvalue weighted by Gasteiger charge is 2.12. The van der Waals surface area contributed by atoms with Crippen molar-refractivity contribution in [1.29, 1.82) is 0 Å². The molecule has 1 atom stereocenters. The molecule has 5 nitrogen and oxygen atoms in total. The zero-order valence-corrected chi connectivity index (χ0v) is 11.7. The Labute approximate surface area is 117 Å². The molecular formula is C14H19FN2O3. The smallest absolute Gasteiger partial charge is 0.335 e. The Hall–Kier alpha value is -2.11. The number of hydrogen-bond donors (Lipinski definition) is 3. The number of benzene rings is 1. The van der Waals surface area contributed by atoms with Crippen molar-refractivity contribution in [2.45, 2.75) is 33.2 Å². The fourth-order valence-corrected chi connectivity index (χ4v) is 1.90. The van der Waals surface area contributed by atoms with E-state index in [9.17, 15) is 14.0 Å². The summed E-state index contributed by atoms with van der Waals surface area (Å²) in [5.41, 5.74) is -0.217. The highest BCUT2D eigenvalue weighted by molar-refractivity contribution is 5.91. The van der Waals surface area contributed by atoms with Gasteiger partial charge in [-0.2, -0.15) is 0 Å². The van der Waals surface area contributed by atoms with Gasteiger partial charge in [-0.1, -0.05) is 13.8 Å². The fourth-order valence-electron chi connectivity index (χ4n) is 1.90. The van der Waals surface area contributed by atoms with Gasteiger partial charge in [-0.3, -0.25) is 0 Å². The molecule has 0 heterocycles. The van der Waals surface area contributed by atoms with Gasteiger partial charge in [0.15, 0.2) is 0 Å². The van der Waals surface area contributed by atoms with Crippen molar-refractivity contribution in [1.82, 2.24) is 5.32 Å². The van der Waals surface area contributed by atoms with Crippen LogP contribution < -0.4 is 10.6 Å². The van der Waals surface area contributed by atoms with Crippen molar-refractivity contribution in [2.24, 2.45) is 5.92 Å². The molecule has 1 aromatic rings. The van der Waals surface area contributed by atoms with Crippen LogP contribution in [0.2, 0.25) is 0 Å². The Balaban J connectivity index is 2.64. The van der Waals surface area contributed by atoms with Gasteiger partial charge >= 0.3 is 12.0 Å². The lowest BCUT2D eigenvalue weighted by atomic mass is 10.1. The molecule has 0 aliphatic carbocycles. The third-order valence-electron chi connectivity index (χ3n) is 2.67. The van der Waals surface area contributed by atoms with Crippen molar-refractivity contribution < 1.29 is 19.1 Å². The van der Waals surface area contributed by atoms with E-state index in [1.54, 1.807) is 0 Å². The summed E-state index contributed by atoms with van der Waals surface area (Å²) < 4.78 is 13.6. The van der Waals surface area contributed by atoms with Crippen LogP contribution >= 0.6 is 0 Å². The molecule has 3 N–H and O–H groups in total. The number of anilines is 1. The first-order chi connectivity index (χ1) is 9.29. The molecule has 1 aromatic carbocycles. The van der Waals surface area contributed by atoms with E-state index in [2.05, 4.69) is 10.6 Å². The van der Waals surface area contributed by atoms with Crippen molar-refractivity contribution in [3.63, 3.8) is 0 Å². The van der Waals surface area contributed by atoms with Crippen molar-refractivity contribution in [3.05, 3.63) is 29.6 Å². The van der Waals surface area contributed by atoms with E-state index in [1.807, 2.05) is 20.8 Å². The van der Waals surface area contributed by atoms with Crippen molar-refractivity contribution >= 4 is 17.7 Å². The average molecular weight is 282 g/mol. The molecule has 2 amide bonds. The number of carbonyl (C=O) groups is 2. The first kappa shape index (κ1) is 15.9. The molecule has 1 unspecified atom stereocenters. The molecule has 0 aliphatic heterocycles. The summed E-state index contributed by atoms with van der Waals surface area (Å²) in [7, 11) is 0. The molecule has 1 rings (SSSR count). The van der Waals surface area contributed by atoms with Crippen molar-refractivity contribution in [2.75, 3.05) is 5.32 Å². The molecule has 110 valence electrons. The summed E-state index contributed by atoms with van der Waals surface area (Å²) in [6.45, 7) is 5.95. The lowest BCUT2D eigenvalue weighted by molar-refractivity contribution is 0.0696. The Morgan fingerprint density at radius 2 is 1.95 bits per heavy atom. The van der Waals surface area contributed by atoms with E-state index in [-0.39, 0.29) is 17.3 Å². The van der Waals surface area contributed by atoms with Gasteiger partial charge in [0.05, 0.1) is 11.3 Å². The molecule has 6 heteroatoms. The average Bonchev–Trinajstić information content (AvgIpc) is 2.30. The second-order valence-electron chi connectivity index (χ2n) is 5.13. The maximum Gasteiger partial charge on any atom is 0.335 e. The number of amides is 2. The van der Waals surface area contributed by atoms with Gasteiger partial charge in [0, 0.05) is 6.04 Å². The largest absolute Gasteiger partial charge is 0.478 e. The number of urea groups is 1. The summed E-state index contributed by atoms with van der Waals surface area (Å²) in [6.07, 6.45) is 0.813. The Morgan fingerprint density at radius 1 is 1.30 bits per heavy atom. The molecule has 0 aliphatic rings. The number of hydrogen-bond acceptors (Lipinski definition) is 2. The van der Waals surface area contributed by atoms with Crippen LogP contribution in [0.5, 0.6) is 0 Å². The highest BCUT2D eigenvalue weighted by atomic mass is 19.1. The minimum atomic E-state index is -1.22. The molecule has 0 bridgehead atoms. The number of nitrogens with one attached hydrogen (secondary N) is 2. The van der Waals surface area contributed by atoms with E-state index in [1.165, 1.54) is 12.1 Å². The van der Waals surface area contributed by atoms with Gasteiger partial charge in [0.1, 0.15) is 5.82 Å². The quantitative estimate of drug-likeness (QED) is 0.776. The standard InChI is InChI=1S/C14H19FN2O3/c1-8(2)6-9(3)16-14(20)17-12-5-4-10(13(18)19)7-11(12)15/h4-5,7-9H,6H2,1-3H3,(H,18,19)(H2,16,17,20). The van der Waals surface area contributed by atoms with E-state index >= 15 is 0 Å². The third-order valence-corrected chi connectivity index (χ3v) is 2.67. The maximum atomic E-state index is 13.6. The molecule has 0 saturated heterocycles. The number of halogens is 1. The van der Waals surface area contributed by atoms with Crippen LogP contribution in [-0.2, 0) is 0 Å². The minimum absolute atomic E-state index is 0.0312. The van der Waals surface area contributed by atoms with E-state index < -0.39 is 17.8 Å². The van der Waals surface area contributed by atoms with Crippen LogP contribution in [0.15, 0.2) is 18.2 Å². The van der Waals surface area contributed by atoms with Gasteiger partial charge in [-0.25, -0.2) is 14.0 Å². The van der Waals surface area contributed by atoms with E-state index in [4.69, 9.17) is 5.11 Å². The molecule has 20 heavy (non-hydrogen) atoms. The number of carboxylic acids is 1. The Kier molecular flexibility index (Phi) is 5.49. The second kappa shape index (κ2) is 6.88. The SMILES string of the molecule is CC(C)CC(C)NC(=O)Nc1ccc(C(=O)O)cc1F. The Morgan fingerprint density at radius 3 is 2.45 bits per heavy atom. The number of rotatable bonds is 5. The lowest BCUT2D eigenvalue weighted by Crippen LogP contribution is -2.37. The zero-order chi connectivity index (χ0) is 15.3. The predicted molar refractivity (Wildman–Crippen MR) is 74.4 cm³/mol. The molecule has 0 saturated carbocycles. The van der Waals surface area contributed by atoms with E-state index in [0.717, 1.165) is 12.5 Å². The second-order valence-corrected chi connectivity index (χ2v) is 5.13. The van der Waals surface area contributed by atoms with Crippen LogP contribution in [0.1, 0.15) is 37.6 Å². The summed E-state index contributed by atoms with van der Waals surface area (Å²) in [4.78, 5) is 22.3. The van der Waals surface area contributed by atoms with E-state index in [0.29, 0.717) is 5.92 Å². The van der Waals surface area contributed by atoms with Gasteiger partial charge in [0.25, 0.3) is 0 Å². The Bertz CT molecular complexity index is 503. The molecule has 0 spiro atoms. The molecule has 0 radical (unpaired) electrons. The number of carbonyl (C=O) groups excluding carboxylic acids is 1. The lowest BCUT2D eigenvalue weighted by Gasteiger charge is -2.16. The van der Waals surface area contributed by atoms with Gasteiger partial charge < -0.3 is 15.7 Å².